The summed E-state index contributed by atoms with van der Waals surface area (Å²) in [5.41, 5.74) is 14.3. The Bertz CT molecular complexity index is 3640. The maximum absolute atomic E-state index is 6.64. The second kappa shape index (κ2) is 15.7. The lowest BCUT2D eigenvalue weighted by molar-refractivity contribution is 0.672. The molecule has 300 valence electrons. The maximum Gasteiger partial charge on any atom is 0.160 e. The van der Waals surface area contributed by atoms with Crippen molar-refractivity contribution in [2.75, 3.05) is 4.90 Å². The highest BCUT2D eigenvalue weighted by Crippen LogP contribution is 2.43. The molecule has 10 aromatic carbocycles. The summed E-state index contributed by atoms with van der Waals surface area (Å²) in [6.45, 7) is 0. The molecule has 0 fully saturated rings. The van der Waals surface area contributed by atoms with Crippen molar-refractivity contribution in [2.24, 2.45) is 0 Å². The Morgan fingerprint density at radius 2 is 0.859 bits per heavy atom. The number of rotatable bonds is 8. The van der Waals surface area contributed by atoms with Gasteiger partial charge in [0.1, 0.15) is 11.2 Å². The summed E-state index contributed by atoms with van der Waals surface area (Å²) < 4.78 is 6.64. The fraction of sp³-hybridized carbons (Fsp3) is 0. The van der Waals surface area contributed by atoms with Crippen molar-refractivity contribution >= 4 is 60.5 Å². The Hall–Kier alpha value is -8.60. The van der Waals surface area contributed by atoms with Gasteiger partial charge in [-0.3, -0.25) is 0 Å². The molecule has 0 spiro atoms. The van der Waals surface area contributed by atoms with Crippen LogP contribution in [0.1, 0.15) is 0 Å². The van der Waals surface area contributed by atoms with Crippen LogP contribution in [-0.2, 0) is 0 Å². The topological polar surface area (TPSA) is 42.2 Å². The molecular weight excluding hydrogens is 779 g/mol. The number of nitrogens with zero attached hydrogens (tertiary/aromatic N) is 3. The fourth-order valence-electron chi connectivity index (χ4n) is 9.05. The molecule has 0 atom stereocenters. The lowest BCUT2D eigenvalue weighted by Gasteiger charge is -2.26. The molecule has 0 aliphatic carbocycles. The molecule has 0 aliphatic rings. The third kappa shape index (κ3) is 6.75. The molecule has 0 amide bonds. The Kier molecular flexibility index (Phi) is 9.12. The van der Waals surface area contributed by atoms with Crippen LogP contribution in [0, 0.1) is 0 Å². The van der Waals surface area contributed by atoms with Crippen molar-refractivity contribution < 1.29 is 4.42 Å². The zero-order valence-corrected chi connectivity index (χ0v) is 34.8. The van der Waals surface area contributed by atoms with Crippen molar-refractivity contribution in [3.63, 3.8) is 0 Å². The number of benzene rings is 10. The van der Waals surface area contributed by atoms with Crippen molar-refractivity contribution in [1.82, 2.24) is 9.97 Å². The molecule has 2 heterocycles. The van der Waals surface area contributed by atoms with Crippen LogP contribution in [0.15, 0.2) is 241 Å². The van der Waals surface area contributed by atoms with Crippen LogP contribution in [0.4, 0.5) is 17.1 Å². The van der Waals surface area contributed by atoms with E-state index in [9.17, 15) is 0 Å². The minimum atomic E-state index is 0.658. The zero-order chi connectivity index (χ0) is 42.4. The molecule has 0 saturated carbocycles. The predicted octanol–water partition coefficient (Wildman–Crippen LogP) is 16.5. The van der Waals surface area contributed by atoms with Gasteiger partial charge in [-0.1, -0.05) is 170 Å². The largest absolute Gasteiger partial charge is 0.455 e. The highest BCUT2D eigenvalue weighted by atomic mass is 16.3. The van der Waals surface area contributed by atoms with E-state index in [1.165, 1.54) is 16.3 Å². The van der Waals surface area contributed by atoms with Crippen molar-refractivity contribution in [1.29, 1.82) is 0 Å². The van der Waals surface area contributed by atoms with Gasteiger partial charge in [0, 0.05) is 49.9 Å². The summed E-state index contributed by atoms with van der Waals surface area (Å²) in [6.07, 6.45) is 0. The molecule has 0 saturated heterocycles. The van der Waals surface area contributed by atoms with Crippen LogP contribution in [0.5, 0.6) is 0 Å². The maximum atomic E-state index is 6.64. The van der Waals surface area contributed by atoms with Crippen LogP contribution in [0.3, 0.4) is 0 Å². The van der Waals surface area contributed by atoms with Crippen molar-refractivity contribution in [2.45, 2.75) is 0 Å². The van der Waals surface area contributed by atoms with E-state index in [1.54, 1.807) is 0 Å². The number of hydrogen-bond donors (Lipinski definition) is 0. The molecule has 4 heteroatoms. The van der Waals surface area contributed by atoms with E-state index in [0.29, 0.717) is 5.82 Å². The first kappa shape index (κ1) is 37.2. The number of para-hydroxylation sites is 2. The second-order valence-electron chi connectivity index (χ2n) is 16.2. The first-order valence-corrected chi connectivity index (χ1v) is 21.6. The Morgan fingerprint density at radius 1 is 0.312 bits per heavy atom. The van der Waals surface area contributed by atoms with E-state index in [-0.39, 0.29) is 0 Å². The smallest absolute Gasteiger partial charge is 0.160 e. The molecule has 12 rings (SSSR count). The van der Waals surface area contributed by atoms with Crippen molar-refractivity contribution in [3.05, 3.63) is 237 Å². The normalized spacial score (nSPS) is 11.4. The van der Waals surface area contributed by atoms with Gasteiger partial charge < -0.3 is 9.32 Å². The second-order valence-corrected chi connectivity index (χ2v) is 16.2. The number of anilines is 3. The first-order valence-electron chi connectivity index (χ1n) is 21.6. The van der Waals surface area contributed by atoms with E-state index in [2.05, 4.69) is 217 Å². The highest BCUT2D eigenvalue weighted by Gasteiger charge is 2.19. The minimum Gasteiger partial charge on any atom is -0.455 e. The third-order valence-electron chi connectivity index (χ3n) is 12.3. The van der Waals surface area contributed by atoms with Gasteiger partial charge in [-0.2, -0.15) is 0 Å². The summed E-state index contributed by atoms with van der Waals surface area (Å²) in [5, 5.41) is 6.69. The molecule has 4 nitrogen and oxygen atoms in total. The van der Waals surface area contributed by atoms with Gasteiger partial charge in [-0.05, 0) is 105 Å². The molecule has 0 N–H and O–H groups in total. The number of aromatic nitrogens is 2. The van der Waals surface area contributed by atoms with Crippen LogP contribution >= 0.6 is 0 Å². The van der Waals surface area contributed by atoms with Gasteiger partial charge in [0.15, 0.2) is 5.82 Å². The van der Waals surface area contributed by atoms with Crippen LogP contribution in [0.25, 0.3) is 99.6 Å². The SMILES string of the molecule is c1ccc(-c2ccc(-c3cc(-c4ccccc4)nc(-c4ccc5c(c4)c(-c4ccc(N(c6ccccc6)c6ccc7ccccc7c6)cc4)cc4c6ccccc6oc54)n3)cc2)cc1. The van der Waals surface area contributed by atoms with Gasteiger partial charge in [-0.25, -0.2) is 9.97 Å². The number of hydrogen-bond acceptors (Lipinski definition) is 4. The summed E-state index contributed by atoms with van der Waals surface area (Å²) in [4.78, 5) is 12.8. The molecule has 0 unspecified atom stereocenters. The number of fused-ring (bicyclic) bond motifs is 6. The predicted molar refractivity (Wildman–Crippen MR) is 266 cm³/mol. The summed E-state index contributed by atoms with van der Waals surface area (Å²) in [6, 6.07) is 83.4. The monoisotopic (exact) mass is 817 g/mol. The Labute approximate surface area is 371 Å². The third-order valence-corrected chi connectivity index (χ3v) is 12.3. The summed E-state index contributed by atoms with van der Waals surface area (Å²) in [5.74, 6) is 0.658. The summed E-state index contributed by atoms with van der Waals surface area (Å²) >= 11 is 0. The fourth-order valence-corrected chi connectivity index (χ4v) is 9.05. The summed E-state index contributed by atoms with van der Waals surface area (Å²) in [7, 11) is 0. The molecule has 64 heavy (non-hydrogen) atoms. The average Bonchev–Trinajstić information content (AvgIpc) is 3.76. The standard InChI is InChI=1S/C60H39N3O/c1-4-14-40(15-5-1)42-24-26-45(27-25-42)57-39-56(44-17-6-2-7-18-44)61-60(62-57)47-31-35-52-54(37-47)53(38-55-51-22-12-13-23-58(51)64-59(52)55)43-29-32-49(33-30-43)63(48-20-8-3-9-21-48)50-34-28-41-16-10-11-19-46(41)36-50/h1-39H. The van der Waals surface area contributed by atoms with Crippen LogP contribution < -0.4 is 4.90 Å². The quantitative estimate of drug-likeness (QED) is 0.153. The molecular formula is C60H39N3O. The zero-order valence-electron chi connectivity index (χ0n) is 34.8. The van der Waals surface area contributed by atoms with Gasteiger partial charge in [0.2, 0.25) is 0 Å². The Morgan fingerprint density at radius 3 is 1.61 bits per heavy atom. The first-order chi connectivity index (χ1) is 31.7. The molecule has 2 aromatic heterocycles. The lowest BCUT2D eigenvalue weighted by Crippen LogP contribution is -2.09. The molecule has 0 radical (unpaired) electrons. The van der Waals surface area contributed by atoms with Crippen LogP contribution in [0.2, 0.25) is 0 Å². The number of furan rings is 1. The van der Waals surface area contributed by atoms with Gasteiger partial charge in [0.05, 0.1) is 11.4 Å². The van der Waals surface area contributed by atoms with E-state index in [0.717, 1.165) is 94.5 Å². The van der Waals surface area contributed by atoms with E-state index < -0.39 is 0 Å². The van der Waals surface area contributed by atoms with Gasteiger partial charge in [0.25, 0.3) is 0 Å². The van der Waals surface area contributed by atoms with E-state index in [1.807, 2.05) is 24.3 Å². The Balaban J connectivity index is 1.01. The van der Waals surface area contributed by atoms with Gasteiger partial charge in [-0.15, -0.1) is 0 Å². The minimum absolute atomic E-state index is 0.658. The molecule has 12 aromatic rings. The highest BCUT2D eigenvalue weighted by molar-refractivity contribution is 6.19. The van der Waals surface area contributed by atoms with E-state index >= 15 is 0 Å². The molecule has 0 bridgehead atoms. The van der Waals surface area contributed by atoms with Crippen molar-refractivity contribution in [3.8, 4) is 56.2 Å². The van der Waals surface area contributed by atoms with E-state index in [4.69, 9.17) is 14.4 Å². The van der Waals surface area contributed by atoms with Gasteiger partial charge >= 0.3 is 0 Å². The molecule has 0 aliphatic heterocycles. The lowest BCUT2D eigenvalue weighted by atomic mass is 9.93. The van der Waals surface area contributed by atoms with Crippen LogP contribution in [-0.4, -0.2) is 9.97 Å². The average molecular weight is 818 g/mol.